The average molecular weight is 450 g/mol. The first-order chi connectivity index (χ1) is 15.3. The second-order valence-corrected chi connectivity index (χ2v) is 9.41. The van der Waals surface area contributed by atoms with Gasteiger partial charge in [-0.3, -0.25) is 4.57 Å². The molecule has 0 saturated heterocycles. The highest BCUT2D eigenvalue weighted by atomic mass is 32.2. The van der Waals surface area contributed by atoms with Gasteiger partial charge in [-0.25, -0.2) is 18.2 Å². The molecule has 7 nitrogen and oxygen atoms in total. The first-order valence-corrected chi connectivity index (χ1v) is 11.5. The smallest absolute Gasteiger partial charge is 0.337 e. The number of nitrogens with zero attached hydrogens (tertiary/aromatic N) is 3. The zero-order chi connectivity index (χ0) is 22.9. The first kappa shape index (κ1) is 21.7. The van der Waals surface area contributed by atoms with Crippen molar-refractivity contribution in [3.63, 3.8) is 0 Å². The van der Waals surface area contributed by atoms with Crippen LogP contribution in [0.1, 0.15) is 28.9 Å². The molecule has 0 saturated carbocycles. The van der Waals surface area contributed by atoms with Crippen LogP contribution in [0.2, 0.25) is 0 Å². The molecule has 1 heterocycles. The number of imidazole rings is 1. The molecule has 0 aliphatic heterocycles. The lowest BCUT2D eigenvalue weighted by Gasteiger charge is -2.25. The van der Waals surface area contributed by atoms with E-state index >= 15 is 0 Å². The summed E-state index contributed by atoms with van der Waals surface area (Å²) in [5, 5.41) is 0. The van der Waals surface area contributed by atoms with Gasteiger partial charge in [0.2, 0.25) is 10.0 Å². The lowest BCUT2D eigenvalue weighted by molar-refractivity contribution is 0.0600. The van der Waals surface area contributed by atoms with Crippen LogP contribution in [0.4, 0.5) is 0 Å². The Labute approximate surface area is 186 Å². The van der Waals surface area contributed by atoms with Gasteiger partial charge in [-0.05, 0) is 55.0 Å². The molecule has 0 aliphatic rings. The van der Waals surface area contributed by atoms with E-state index in [1.807, 2.05) is 60.0 Å². The molecule has 0 bridgehead atoms. The molecule has 32 heavy (non-hydrogen) atoms. The number of carbonyl (C=O) groups excluding carboxylic acids is 1. The van der Waals surface area contributed by atoms with Crippen LogP contribution in [0.15, 0.2) is 84.0 Å². The summed E-state index contributed by atoms with van der Waals surface area (Å²) in [6.45, 7) is 1.82. The maximum Gasteiger partial charge on any atom is 0.337 e. The Bertz CT molecular complexity index is 1380. The van der Waals surface area contributed by atoms with Crippen molar-refractivity contribution >= 4 is 27.0 Å². The first-order valence-electron chi connectivity index (χ1n) is 10.0. The molecule has 1 atom stereocenters. The molecule has 4 rings (SSSR count). The SMILES string of the molecule is COC(=O)c1cccc(S(=O)(=O)N(C)C(C)c2ccc(-n3cnc4ccccc43)cc2)c1. The fraction of sp³-hybridized carbons (Fsp3) is 0.167. The van der Waals surface area contributed by atoms with E-state index in [2.05, 4.69) is 4.98 Å². The van der Waals surface area contributed by atoms with Gasteiger partial charge >= 0.3 is 5.97 Å². The number of hydrogen-bond donors (Lipinski definition) is 0. The van der Waals surface area contributed by atoms with Crippen molar-refractivity contribution in [3.8, 4) is 5.69 Å². The molecule has 1 unspecified atom stereocenters. The monoisotopic (exact) mass is 449 g/mol. The Hall–Kier alpha value is -3.49. The van der Waals surface area contributed by atoms with Gasteiger partial charge in [-0.1, -0.05) is 30.3 Å². The van der Waals surface area contributed by atoms with Crippen LogP contribution in [0.5, 0.6) is 0 Å². The zero-order valence-corrected chi connectivity index (χ0v) is 18.8. The molecule has 8 heteroatoms. The van der Waals surface area contributed by atoms with E-state index in [9.17, 15) is 13.2 Å². The van der Waals surface area contributed by atoms with Gasteiger partial charge < -0.3 is 4.74 Å². The summed E-state index contributed by atoms with van der Waals surface area (Å²) in [7, 11) is -1.03. The van der Waals surface area contributed by atoms with Gasteiger partial charge in [-0.2, -0.15) is 4.31 Å². The highest BCUT2D eigenvalue weighted by molar-refractivity contribution is 7.89. The summed E-state index contributed by atoms with van der Waals surface area (Å²) < 4.78 is 34.3. The number of rotatable bonds is 6. The predicted molar refractivity (Wildman–Crippen MR) is 122 cm³/mol. The molecule has 1 aromatic heterocycles. The largest absolute Gasteiger partial charge is 0.465 e. The normalized spacial score (nSPS) is 12.8. The number of fused-ring (bicyclic) bond motifs is 1. The van der Waals surface area contributed by atoms with E-state index in [1.54, 1.807) is 6.33 Å². The third-order valence-corrected chi connectivity index (χ3v) is 7.51. The maximum absolute atomic E-state index is 13.2. The standard InChI is InChI=1S/C24H23N3O4S/c1-17(26(2)32(29,30)21-8-6-7-19(15-21)24(28)31-3)18-11-13-20(14-12-18)27-16-25-22-9-4-5-10-23(22)27/h4-17H,1-3H3. The van der Waals surface area contributed by atoms with Crippen molar-refractivity contribution < 1.29 is 17.9 Å². The summed E-state index contributed by atoms with van der Waals surface area (Å²) >= 11 is 0. The van der Waals surface area contributed by atoms with Crippen LogP contribution in [-0.4, -0.2) is 42.4 Å². The van der Waals surface area contributed by atoms with E-state index < -0.39 is 22.0 Å². The number of ether oxygens (including phenoxy) is 1. The lowest BCUT2D eigenvalue weighted by atomic mass is 10.1. The van der Waals surface area contributed by atoms with Gasteiger partial charge in [0, 0.05) is 18.8 Å². The fourth-order valence-corrected chi connectivity index (χ4v) is 4.96. The van der Waals surface area contributed by atoms with Crippen LogP contribution in [-0.2, 0) is 14.8 Å². The number of carbonyl (C=O) groups is 1. The Kier molecular flexibility index (Phi) is 5.82. The molecular weight excluding hydrogens is 426 g/mol. The van der Waals surface area contributed by atoms with Crippen LogP contribution >= 0.6 is 0 Å². The van der Waals surface area contributed by atoms with Crippen LogP contribution in [0, 0.1) is 0 Å². The van der Waals surface area contributed by atoms with Crippen molar-refractivity contribution in [2.75, 3.05) is 14.2 Å². The molecule has 4 aromatic rings. The Morgan fingerprint density at radius 2 is 1.75 bits per heavy atom. The number of hydrogen-bond acceptors (Lipinski definition) is 5. The highest BCUT2D eigenvalue weighted by Crippen LogP contribution is 2.27. The quantitative estimate of drug-likeness (QED) is 0.412. The summed E-state index contributed by atoms with van der Waals surface area (Å²) in [4.78, 5) is 16.2. The van der Waals surface area contributed by atoms with E-state index in [-0.39, 0.29) is 10.5 Å². The van der Waals surface area contributed by atoms with Crippen molar-refractivity contribution in [1.82, 2.24) is 13.9 Å². The van der Waals surface area contributed by atoms with Crippen LogP contribution in [0.3, 0.4) is 0 Å². The van der Waals surface area contributed by atoms with E-state index in [1.165, 1.54) is 42.7 Å². The number of esters is 1. The van der Waals surface area contributed by atoms with Crippen molar-refractivity contribution in [2.24, 2.45) is 0 Å². The number of aromatic nitrogens is 2. The predicted octanol–water partition coefficient (Wildman–Crippen LogP) is 4.19. The minimum absolute atomic E-state index is 0.0382. The fourth-order valence-electron chi connectivity index (χ4n) is 3.56. The summed E-state index contributed by atoms with van der Waals surface area (Å²) in [5.41, 5.74) is 3.87. The number of methoxy groups -OCH3 is 1. The van der Waals surface area contributed by atoms with Crippen LogP contribution < -0.4 is 0 Å². The van der Waals surface area contributed by atoms with Gasteiger partial charge in [0.25, 0.3) is 0 Å². The summed E-state index contributed by atoms with van der Waals surface area (Å²) in [5.74, 6) is -0.583. The zero-order valence-electron chi connectivity index (χ0n) is 18.0. The Balaban J connectivity index is 1.60. The number of benzene rings is 3. The minimum Gasteiger partial charge on any atom is -0.465 e. The molecule has 0 amide bonds. The molecule has 3 aromatic carbocycles. The average Bonchev–Trinajstić information content (AvgIpc) is 3.27. The highest BCUT2D eigenvalue weighted by Gasteiger charge is 2.27. The molecule has 0 spiro atoms. The second kappa shape index (κ2) is 8.57. The van der Waals surface area contributed by atoms with E-state index in [0.717, 1.165) is 22.3 Å². The van der Waals surface area contributed by atoms with E-state index in [4.69, 9.17) is 4.74 Å². The lowest BCUT2D eigenvalue weighted by Crippen LogP contribution is -2.30. The van der Waals surface area contributed by atoms with E-state index in [0.29, 0.717) is 0 Å². The molecular formula is C24H23N3O4S. The Morgan fingerprint density at radius 3 is 2.47 bits per heavy atom. The van der Waals surface area contributed by atoms with Gasteiger partial charge in [0.05, 0.1) is 28.6 Å². The maximum atomic E-state index is 13.2. The summed E-state index contributed by atoms with van der Waals surface area (Å²) in [6, 6.07) is 21.0. The van der Waals surface area contributed by atoms with Crippen molar-refractivity contribution in [2.45, 2.75) is 17.9 Å². The third kappa shape index (κ3) is 3.90. The van der Waals surface area contributed by atoms with Crippen LogP contribution in [0.25, 0.3) is 16.7 Å². The topological polar surface area (TPSA) is 81.5 Å². The second-order valence-electron chi connectivity index (χ2n) is 7.41. The molecule has 0 fully saturated rings. The number of para-hydroxylation sites is 2. The number of sulfonamides is 1. The van der Waals surface area contributed by atoms with Gasteiger partial charge in [0.15, 0.2) is 0 Å². The minimum atomic E-state index is -3.82. The molecule has 164 valence electrons. The van der Waals surface area contributed by atoms with Crippen molar-refractivity contribution in [3.05, 3.63) is 90.3 Å². The Morgan fingerprint density at radius 1 is 1.03 bits per heavy atom. The van der Waals surface area contributed by atoms with Gasteiger partial charge in [0.1, 0.15) is 6.33 Å². The van der Waals surface area contributed by atoms with Gasteiger partial charge in [-0.15, -0.1) is 0 Å². The molecule has 0 aliphatic carbocycles. The molecule has 0 N–H and O–H groups in total. The third-order valence-electron chi connectivity index (χ3n) is 5.58. The molecule has 0 radical (unpaired) electrons. The summed E-state index contributed by atoms with van der Waals surface area (Å²) in [6.07, 6.45) is 1.77. The van der Waals surface area contributed by atoms with Crippen molar-refractivity contribution in [1.29, 1.82) is 0 Å².